The number of aliphatic hydroxyl groups is 1. The van der Waals surface area contributed by atoms with Crippen LogP contribution in [0.15, 0.2) is 15.9 Å². The molecule has 0 bridgehead atoms. The Balaban J connectivity index is 1.78. The number of thiophene rings is 1. The highest BCUT2D eigenvalue weighted by molar-refractivity contribution is 9.10. The van der Waals surface area contributed by atoms with Gasteiger partial charge in [0.25, 0.3) is 0 Å². The lowest BCUT2D eigenvalue weighted by Gasteiger charge is -2.32. The number of hydrogen-bond acceptors (Lipinski definition) is 3. The Hall–Kier alpha value is 0.100. The Labute approximate surface area is 103 Å². The number of halogens is 1. The van der Waals surface area contributed by atoms with E-state index in [2.05, 4.69) is 39.6 Å². The molecule has 1 aliphatic rings. The first kappa shape index (κ1) is 11.6. The molecule has 0 saturated heterocycles. The number of hydrogen-bond donors (Lipinski definition) is 2. The van der Waals surface area contributed by atoms with Crippen molar-refractivity contribution in [3.05, 3.63) is 20.8 Å². The Morgan fingerprint density at radius 1 is 1.67 bits per heavy atom. The molecule has 1 atom stereocenters. The minimum Gasteiger partial charge on any atom is -0.393 e. The molecule has 1 unspecified atom stereocenters. The van der Waals surface area contributed by atoms with E-state index >= 15 is 0 Å². The van der Waals surface area contributed by atoms with Crippen LogP contribution in [0.2, 0.25) is 0 Å². The maximum Gasteiger partial charge on any atom is 0.0546 e. The van der Waals surface area contributed by atoms with Crippen LogP contribution in [0.5, 0.6) is 0 Å². The van der Waals surface area contributed by atoms with Crippen LogP contribution < -0.4 is 5.32 Å². The van der Waals surface area contributed by atoms with E-state index in [0.717, 1.165) is 19.4 Å². The maximum atomic E-state index is 9.18. The van der Waals surface area contributed by atoms with Gasteiger partial charge >= 0.3 is 0 Å². The summed E-state index contributed by atoms with van der Waals surface area (Å²) in [6, 6.07) is 2.49. The van der Waals surface area contributed by atoms with E-state index in [1.165, 1.54) is 9.35 Å². The van der Waals surface area contributed by atoms with Crippen molar-refractivity contribution in [2.45, 2.75) is 31.9 Å². The highest BCUT2D eigenvalue weighted by atomic mass is 79.9. The van der Waals surface area contributed by atoms with Gasteiger partial charge in [0, 0.05) is 15.4 Å². The SMILES string of the molecule is CC(NCC1CC(O)C1)c1sccc1Br. The van der Waals surface area contributed by atoms with Crippen LogP contribution >= 0.6 is 27.3 Å². The zero-order valence-electron chi connectivity index (χ0n) is 8.74. The van der Waals surface area contributed by atoms with Crippen molar-refractivity contribution in [2.75, 3.05) is 6.54 Å². The first-order valence-corrected chi connectivity index (χ1v) is 6.98. The zero-order valence-corrected chi connectivity index (χ0v) is 11.1. The van der Waals surface area contributed by atoms with Gasteiger partial charge in [-0.3, -0.25) is 0 Å². The first-order valence-electron chi connectivity index (χ1n) is 5.31. The van der Waals surface area contributed by atoms with E-state index in [9.17, 15) is 5.11 Å². The lowest BCUT2D eigenvalue weighted by Crippen LogP contribution is -2.36. The fourth-order valence-corrected chi connectivity index (χ4v) is 3.67. The Morgan fingerprint density at radius 2 is 2.40 bits per heavy atom. The second kappa shape index (κ2) is 4.95. The van der Waals surface area contributed by atoms with Crippen molar-refractivity contribution in [3.63, 3.8) is 0 Å². The van der Waals surface area contributed by atoms with Crippen LogP contribution in [0.4, 0.5) is 0 Å². The van der Waals surface area contributed by atoms with Gasteiger partial charge in [0.2, 0.25) is 0 Å². The molecule has 1 aliphatic carbocycles. The lowest BCUT2D eigenvalue weighted by atomic mass is 9.82. The molecule has 15 heavy (non-hydrogen) atoms. The molecule has 2 rings (SSSR count). The third-order valence-corrected chi connectivity index (χ3v) is 5.02. The van der Waals surface area contributed by atoms with Gasteiger partial charge in [-0.25, -0.2) is 0 Å². The second-order valence-corrected chi connectivity index (χ2v) is 6.06. The highest BCUT2D eigenvalue weighted by Gasteiger charge is 2.27. The quantitative estimate of drug-likeness (QED) is 0.893. The van der Waals surface area contributed by atoms with Crippen molar-refractivity contribution < 1.29 is 5.11 Å². The van der Waals surface area contributed by atoms with Crippen LogP contribution in [0.25, 0.3) is 0 Å². The molecule has 1 heterocycles. The molecule has 2 N–H and O–H groups in total. The minimum atomic E-state index is -0.0411. The van der Waals surface area contributed by atoms with Gasteiger partial charge in [-0.2, -0.15) is 0 Å². The molecular weight excluding hydrogens is 274 g/mol. The van der Waals surface area contributed by atoms with Gasteiger partial charge < -0.3 is 10.4 Å². The van der Waals surface area contributed by atoms with Crippen molar-refractivity contribution >= 4 is 27.3 Å². The Bertz CT molecular complexity index is 322. The molecule has 4 heteroatoms. The molecule has 2 nitrogen and oxygen atoms in total. The average molecular weight is 290 g/mol. The third-order valence-electron chi connectivity index (χ3n) is 2.96. The summed E-state index contributed by atoms with van der Waals surface area (Å²) in [5.74, 6) is 0.668. The van der Waals surface area contributed by atoms with E-state index in [1.54, 1.807) is 11.3 Å². The normalized spacial score (nSPS) is 27.4. The van der Waals surface area contributed by atoms with Gasteiger partial charge in [0.15, 0.2) is 0 Å². The molecule has 0 amide bonds. The predicted molar refractivity (Wildman–Crippen MR) is 67.2 cm³/mol. The summed E-state index contributed by atoms with van der Waals surface area (Å²) in [5, 5.41) is 14.8. The van der Waals surface area contributed by atoms with Gasteiger partial charge in [-0.05, 0) is 59.6 Å². The topological polar surface area (TPSA) is 32.3 Å². The molecule has 1 fully saturated rings. The zero-order chi connectivity index (χ0) is 10.8. The van der Waals surface area contributed by atoms with E-state index in [0.29, 0.717) is 12.0 Å². The molecular formula is C11H16BrNOS. The summed E-state index contributed by atoms with van der Waals surface area (Å²) >= 11 is 5.32. The Kier molecular flexibility index (Phi) is 3.83. The molecule has 1 saturated carbocycles. The van der Waals surface area contributed by atoms with E-state index < -0.39 is 0 Å². The number of nitrogens with one attached hydrogen (secondary N) is 1. The van der Waals surface area contributed by atoms with Crippen LogP contribution in [-0.4, -0.2) is 17.8 Å². The summed E-state index contributed by atoms with van der Waals surface area (Å²) < 4.78 is 1.20. The van der Waals surface area contributed by atoms with Gasteiger partial charge in [0.05, 0.1) is 6.10 Å². The van der Waals surface area contributed by atoms with Gasteiger partial charge in [-0.15, -0.1) is 11.3 Å². The van der Waals surface area contributed by atoms with Crippen LogP contribution in [0.1, 0.15) is 30.7 Å². The molecule has 0 aromatic carbocycles. The van der Waals surface area contributed by atoms with Gasteiger partial charge in [-0.1, -0.05) is 0 Å². The summed E-state index contributed by atoms with van der Waals surface area (Å²) in [6.45, 7) is 3.20. The molecule has 84 valence electrons. The number of rotatable bonds is 4. The molecule has 1 aromatic rings. The summed E-state index contributed by atoms with van der Waals surface area (Å²) in [4.78, 5) is 1.36. The maximum absolute atomic E-state index is 9.18. The van der Waals surface area contributed by atoms with Crippen LogP contribution in [-0.2, 0) is 0 Å². The summed E-state index contributed by atoms with van der Waals surface area (Å²) in [7, 11) is 0. The van der Waals surface area contributed by atoms with Crippen molar-refractivity contribution in [1.82, 2.24) is 5.32 Å². The highest BCUT2D eigenvalue weighted by Crippen LogP contribution is 2.30. The number of aliphatic hydroxyl groups excluding tert-OH is 1. The minimum absolute atomic E-state index is 0.0411. The van der Waals surface area contributed by atoms with E-state index in [1.807, 2.05) is 0 Å². The predicted octanol–water partition coefficient (Wildman–Crippen LogP) is 2.93. The second-order valence-electron chi connectivity index (χ2n) is 4.25. The van der Waals surface area contributed by atoms with E-state index in [-0.39, 0.29) is 6.10 Å². The fourth-order valence-electron chi connectivity index (χ4n) is 1.92. The van der Waals surface area contributed by atoms with E-state index in [4.69, 9.17) is 0 Å². The third kappa shape index (κ3) is 2.81. The van der Waals surface area contributed by atoms with Crippen molar-refractivity contribution in [3.8, 4) is 0 Å². The average Bonchev–Trinajstić information content (AvgIpc) is 2.57. The van der Waals surface area contributed by atoms with Crippen LogP contribution in [0, 0.1) is 5.92 Å². The monoisotopic (exact) mass is 289 g/mol. The molecule has 1 aromatic heterocycles. The van der Waals surface area contributed by atoms with Crippen LogP contribution in [0.3, 0.4) is 0 Å². The lowest BCUT2D eigenvalue weighted by molar-refractivity contribution is 0.0421. The standard InChI is InChI=1S/C11H16BrNOS/c1-7(11-10(12)2-3-15-11)13-6-8-4-9(14)5-8/h2-3,7-9,13-14H,4-6H2,1H3. The molecule has 0 spiro atoms. The fraction of sp³-hybridized carbons (Fsp3) is 0.636. The Morgan fingerprint density at radius 3 is 2.93 bits per heavy atom. The summed E-state index contributed by atoms with van der Waals surface area (Å²) in [6.07, 6.45) is 1.89. The first-order chi connectivity index (χ1) is 7.16. The largest absolute Gasteiger partial charge is 0.393 e. The summed E-state index contributed by atoms with van der Waals surface area (Å²) in [5.41, 5.74) is 0. The van der Waals surface area contributed by atoms with Crippen molar-refractivity contribution in [2.24, 2.45) is 5.92 Å². The molecule has 0 radical (unpaired) electrons. The van der Waals surface area contributed by atoms with Gasteiger partial charge in [0.1, 0.15) is 0 Å². The smallest absolute Gasteiger partial charge is 0.0546 e. The molecule has 0 aliphatic heterocycles. The van der Waals surface area contributed by atoms with Crippen molar-refractivity contribution in [1.29, 1.82) is 0 Å².